The zero-order valence-corrected chi connectivity index (χ0v) is 14.4. The first-order chi connectivity index (χ1) is 12.3. The van der Waals surface area contributed by atoms with Crippen LogP contribution in [0.5, 0.6) is 5.75 Å². The SMILES string of the molecule is Clc1ccccc1-c1nc2ccccc2n1CCOc1ccccc1. The van der Waals surface area contributed by atoms with Crippen LogP contribution in [-0.4, -0.2) is 16.2 Å². The molecule has 0 unspecified atom stereocenters. The van der Waals surface area contributed by atoms with Gasteiger partial charge in [0, 0.05) is 5.56 Å². The number of nitrogens with zero attached hydrogens (tertiary/aromatic N) is 2. The van der Waals surface area contributed by atoms with Gasteiger partial charge in [-0.05, 0) is 36.4 Å². The van der Waals surface area contributed by atoms with E-state index in [9.17, 15) is 0 Å². The van der Waals surface area contributed by atoms with E-state index >= 15 is 0 Å². The average molecular weight is 349 g/mol. The summed E-state index contributed by atoms with van der Waals surface area (Å²) in [6.07, 6.45) is 0. The van der Waals surface area contributed by atoms with E-state index in [2.05, 4.69) is 10.6 Å². The number of rotatable bonds is 5. The topological polar surface area (TPSA) is 27.1 Å². The molecule has 25 heavy (non-hydrogen) atoms. The number of hydrogen-bond acceptors (Lipinski definition) is 2. The number of fused-ring (bicyclic) bond motifs is 1. The Morgan fingerprint density at radius 1 is 0.840 bits per heavy atom. The van der Waals surface area contributed by atoms with Crippen molar-refractivity contribution in [3.8, 4) is 17.1 Å². The Hall–Kier alpha value is -2.78. The maximum Gasteiger partial charge on any atom is 0.142 e. The Morgan fingerprint density at radius 3 is 2.40 bits per heavy atom. The predicted octanol–water partition coefficient (Wildman–Crippen LogP) is 5.44. The molecule has 0 aliphatic carbocycles. The van der Waals surface area contributed by atoms with Crippen LogP contribution >= 0.6 is 11.6 Å². The summed E-state index contributed by atoms with van der Waals surface area (Å²) in [4.78, 5) is 4.79. The van der Waals surface area contributed by atoms with Crippen molar-refractivity contribution in [3.05, 3.63) is 83.9 Å². The molecule has 1 aromatic heterocycles. The molecule has 0 saturated carbocycles. The van der Waals surface area contributed by atoms with Crippen LogP contribution in [0.2, 0.25) is 5.02 Å². The lowest BCUT2D eigenvalue weighted by Crippen LogP contribution is -2.09. The third-order valence-electron chi connectivity index (χ3n) is 4.10. The number of imidazole rings is 1. The second-order valence-electron chi connectivity index (χ2n) is 5.72. The molecule has 0 radical (unpaired) electrons. The van der Waals surface area contributed by atoms with Crippen molar-refractivity contribution in [1.29, 1.82) is 0 Å². The largest absolute Gasteiger partial charge is 0.492 e. The quantitative estimate of drug-likeness (QED) is 0.480. The van der Waals surface area contributed by atoms with E-state index in [4.69, 9.17) is 21.3 Å². The van der Waals surface area contributed by atoms with Crippen molar-refractivity contribution >= 4 is 22.6 Å². The summed E-state index contributed by atoms with van der Waals surface area (Å²) in [5, 5.41) is 0.697. The maximum atomic E-state index is 6.40. The molecule has 3 nitrogen and oxygen atoms in total. The average Bonchev–Trinajstić information content (AvgIpc) is 3.02. The van der Waals surface area contributed by atoms with E-state index in [-0.39, 0.29) is 0 Å². The molecular weight excluding hydrogens is 332 g/mol. The molecule has 0 N–H and O–H groups in total. The molecule has 0 spiro atoms. The monoisotopic (exact) mass is 348 g/mol. The van der Waals surface area contributed by atoms with Gasteiger partial charge in [0.05, 0.1) is 22.6 Å². The van der Waals surface area contributed by atoms with Crippen LogP contribution in [0.15, 0.2) is 78.9 Å². The number of benzene rings is 3. The van der Waals surface area contributed by atoms with Crippen molar-refractivity contribution in [2.24, 2.45) is 0 Å². The van der Waals surface area contributed by atoms with Crippen molar-refractivity contribution < 1.29 is 4.74 Å². The van der Waals surface area contributed by atoms with Crippen LogP contribution in [-0.2, 0) is 6.54 Å². The Kier molecular flexibility index (Phi) is 4.40. The van der Waals surface area contributed by atoms with Gasteiger partial charge in [0.1, 0.15) is 18.2 Å². The van der Waals surface area contributed by atoms with Crippen LogP contribution in [0.1, 0.15) is 0 Å². The molecule has 0 bridgehead atoms. The first kappa shape index (κ1) is 15.7. The van der Waals surface area contributed by atoms with E-state index in [0.717, 1.165) is 28.2 Å². The zero-order chi connectivity index (χ0) is 17.1. The molecule has 4 aromatic rings. The molecule has 4 heteroatoms. The van der Waals surface area contributed by atoms with Crippen molar-refractivity contribution in [3.63, 3.8) is 0 Å². The maximum absolute atomic E-state index is 6.40. The summed E-state index contributed by atoms with van der Waals surface area (Å²) in [6, 6.07) is 25.7. The van der Waals surface area contributed by atoms with E-state index < -0.39 is 0 Å². The van der Waals surface area contributed by atoms with Crippen LogP contribution in [0.4, 0.5) is 0 Å². The summed E-state index contributed by atoms with van der Waals surface area (Å²) < 4.78 is 8.03. The molecule has 3 aromatic carbocycles. The third-order valence-corrected chi connectivity index (χ3v) is 4.43. The van der Waals surface area contributed by atoms with Crippen LogP contribution < -0.4 is 4.74 Å². The molecule has 1 heterocycles. The van der Waals surface area contributed by atoms with Gasteiger partial charge < -0.3 is 9.30 Å². The number of ether oxygens (including phenoxy) is 1. The summed E-state index contributed by atoms with van der Waals surface area (Å²) in [7, 11) is 0. The smallest absolute Gasteiger partial charge is 0.142 e. The second-order valence-corrected chi connectivity index (χ2v) is 6.12. The number of hydrogen-bond donors (Lipinski definition) is 0. The van der Waals surface area contributed by atoms with Crippen molar-refractivity contribution in [1.82, 2.24) is 9.55 Å². The van der Waals surface area contributed by atoms with Crippen LogP contribution in [0, 0.1) is 0 Å². The molecule has 0 amide bonds. The van der Waals surface area contributed by atoms with Crippen molar-refractivity contribution in [2.75, 3.05) is 6.61 Å². The highest BCUT2D eigenvalue weighted by molar-refractivity contribution is 6.33. The minimum Gasteiger partial charge on any atom is -0.492 e. The van der Waals surface area contributed by atoms with Gasteiger partial charge in [0.25, 0.3) is 0 Å². The van der Waals surface area contributed by atoms with E-state index in [1.165, 1.54) is 0 Å². The van der Waals surface area contributed by atoms with E-state index in [0.29, 0.717) is 18.2 Å². The lowest BCUT2D eigenvalue weighted by Gasteiger charge is -2.11. The van der Waals surface area contributed by atoms with Gasteiger partial charge in [0.15, 0.2) is 0 Å². The summed E-state index contributed by atoms with van der Waals surface area (Å²) in [5.74, 6) is 1.73. The third kappa shape index (κ3) is 3.24. The predicted molar refractivity (Wildman–Crippen MR) is 102 cm³/mol. The minimum atomic E-state index is 0.557. The normalized spacial score (nSPS) is 10.9. The van der Waals surface area contributed by atoms with Crippen molar-refractivity contribution in [2.45, 2.75) is 6.54 Å². The lowest BCUT2D eigenvalue weighted by molar-refractivity contribution is 0.301. The fourth-order valence-electron chi connectivity index (χ4n) is 2.92. The van der Waals surface area contributed by atoms with Gasteiger partial charge in [-0.3, -0.25) is 0 Å². The molecule has 0 saturated heterocycles. The Bertz CT molecular complexity index is 995. The van der Waals surface area contributed by atoms with Gasteiger partial charge >= 0.3 is 0 Å². The standard InChI is InChI=1S/C21H17ClN2O/c22-18-11-5-4-10-17(18)21-23-19-12-6-7-13-20(19)24(21)14-15-25-16-8-2-1-3-9-16/h1-13H,14-15H2. The fourth-order valence-corrected chi connectivity index (χ4v) is 3.14. The molecule has 0 aliphatic rings. The first-order valence-corrected chi connectivity index (χ1v) is 8.59. The zero-order valence-electron chi connectivity index (χ0n) is 13.6. The second kappa shape index (κ2) is 6.99. The molecule has 124 valence electrons. The fraction of sp³-hybridized carbons (Fsp3) is 0.0952. The molecule has 0 fully saturated rings. The highest BCUT2D eigenvalue weighted by atomic mass is 35.5. The summed E-state index contributed by atoms with van der Waals surface area (Å²) >= 11 is 6.40. The highest BCUT2D eigenvalue weighted by Gasteiger charge is 2.14. The van der Waals surface area contributed by atoms with Crippen LogP contribution in [0.25, 0.3) is 22.4 Å². The highest BCUT2D eigenvalue weighted by Crippen LogP contribution is 2.30. The Balaban J connectivity index is 1.69. The number of halogens is 1. The molecule has 0 atom stereocenters. The van der Waals surface area contributed by atoms with Gasteiger partial charge in [-0.2, -0.15) is 0 Å². The number of aromatic nitrogens is 2. The Labute approximate surface area is 151 Å². The lowest BCUT2D eigenvalue weighted by atomic mass is 10.2. The van der Waals surface area contributed by atoms with Gasteiger partial charge in [-0.15, -0.1) is 0 Å². The summed E-state index contributed by atoms with van der Waals surface area (Å²) in [6.45, 7) is 1.25. The molecule has 4 rings (SSSR count). The minimum absolute atomic E-state index is 0.557. The summed E-state index contributed by atoms with van der Waals surface area (Å²) in [5.41, 5.74) is 2.96. The Morgan fingerprint density at radius 2 is 1.56 bits per heavy atom. The van der Waals surface area contributed by atoms with Gasteiger partial charge in [-0.25, -0.2) is 4.98 Å². The first-order valence-electron chi connectivity index (χ1n) is 8.21. The van der Waals surface area contributed by atoms with Crippen LogP contribution in [0.3, 0.4) is 0 Å². The number of para-hydroxylation sites is 3. The van der Waals surface area contributed by atoms with E-state index in [1.807, 2.05) is 72.8 Å². The molecule has 0 aliphatic heterocycles. The molecular formula is C21H17ClN2O. The van der Waals surface area contributed by atoms with Gasteiger partial charge in [-0.1, -0.05) is 54.1 Å². The van der Waals surface area contributed by atoms with E-state index in [1.54, 1.807) is 0 Å². The van der Waals surface area contributed by atoms with Gasteiger partial charge in [0.2, 0.25) is 0 Å².